The number of carbonyl (C=O) groups excluding carboxylic acids is 1. The molecule has 4 saturated carbocycles. The van der Waals surface area contributed by atoms with Crippen molar-refractivity contribution >= 4 is 12.2 Å². The summed E-state index contributed by atoms with van der Waals surface area (Å²) in [5.41, 5.74) is -2.65. The highest BCUT2D eigenvalue weighted by molar-refractivity contribution is 5.84. The predicted octanol–water partition coefficient (Wildman–Crippen LogP) is 6.69. The number of carbonyl (C=O) groups is 1. The summed E-state index contributed by atoms with van der Waals surface area (Å²) in [5.74, 6) is 0.0604. The van der Waals surface area contributed by atoms with E-state index in [-0.39, 0.29) is 35.2 Å². The topological polar surface area (TPSA) is 99.4 Å². The molecule has 6 nitrogen and oxygen atoms in total. The lowest BCUT2D eigenvalue weighted by Gasteiger charge is -2.65. The number of fused-ring (bicyclic) bond motifs is 5. The van der Waals surface area contributed by atoms with Gasteiger partial charge in [0.05, 0.1) is 17.3 Å². The summed E-state index contributed by atoms with van der Waals surface area (Å²) in [6.45, 7) is 5.27. The maximum absolute atomic E-state index is 12.5. The molecular formula is C35H57NO5. The molecule has 0 amide bonds. The molecule has 1 heterocycles. The van der Waals surface area contributed by atoms with E-state index in [9.17, 15) is 20.1 Å². The van der Waals surface area contributed by atoms with E-state index in [0.717, 1.165) is 45.1 Å². The van der Waals surface area contributed by atoms with Crippen LogP contribution in [0.25, 0.3) is 0 Å². The van der Waals surface area contributed by atoms with Crippen LogP contribution in [0.3, 0.4) is 0 Å². The van der Waals surface area contributed by atoms with Crippen molar-refractivity contribution in [1.29, 1.82) is 0 Å². The summed E-state index contributed by atoms with van der Waals surface area (Å²) in [4.78, 5) is 16.9. The fourth-order valence-corrected chi connectivity index (χ4v) is 10.3. The van der Waals surface area contributed by atoms with Crippen LogP contribution in [-0.2, 0) is 9.53 Å². The van der Waals surface area contributed by atoms with Crippen molar-refractivity contribution in [3.8, 4) is 0 Å². The van der Waals surface area contributed by atoms with Gasteiger partial charge >= 0.3 is 5.97 Å². The second-order valence-corrected chi connectivity index (χ2v) is 14.7. The molecule has 4 aliphatic carbocycles. The van der Waals surface area contributed by atoms with E-state index in [0.29, 0.717) is 25.7 Å². The smallest absolute Gasteiger partial charge is 0.331 e. The van der Waals surface area contributed by atoms with Gasteiger partial charge in [0.25, 0.3) is 0 Å². The lowest BCUT2D eigenvalue weighted by Crippen LogP contribution is -2.69. The minimum absolute atomic E-state index is 0.0756. The zero-order valence-electron chi connectivity index (χ0n) is 25.9. The van der Waals surface area contributed by atoms with Crippen LogP contribution < -0.4 is 0 Å². The van der Waals surface area contributed by atoms with Gasteiger partial charge in [0.1, 0.15) is 6.10 Å². The number of hydrogen-bond acceptors (Lipinski definition) is 6. The van der Waals surface area contributed by atoms with E-state index in [1.807, 2.05) is 6.08 Å². The van der Waals surface area contributed by atoms with Crippen LogP contribution in [0.4, 0.5) is 0 Å². The van der Waals surface area contributed by atoms with Crippen LogP contribution in [-0.4, -0.2) is 57.5 Å². The van der Waals surface area contributed by atoms with Gasteiger partial charge in [-0.2, -0.15) is 0 Å². The number of ether oxygens (including phenoxy) is 1. The molecule has 0 radical (unpaired) electrons. The van der Waals surface area contributed by atoms with E-state index in [1.54, 1.807) is 0 Å². The van der Waals surface area contributed by atoms with Gasteiger partial charge < -0.3 is 20.1 Å². The Balaban J connectivity index is 1.24. The molecule has 5 aliphatic rings. The molecule has 5 rings (SSSR count). The van der Waals surface area contributed by atoms with Crippen LogP contribution in [0.5, 0.6) is 0 Å². The lowest BCUT2D eigenvalue weighted by atomic mass is 9.41. The van der Waals surface area contributed by atoms with E-state index < -0.39 is 22.7 Å². The highest BCUT2D eigenvalue weighted by Gasteiger charge is 2.71. The summed E-state index contributed by atoms with van der Waals surface area (Å²) in [6, 6.07) is 0. The second-order valence-electron chi connectivity index (χ2n) is 14.7. The van der Waals surface area contributed by atoms with Crippen molar-refractivity contribution in [2.24, 2.45) is 33.6 Å². The third-order valence-corrected chi connectivity index (χ3v) is 12.6. The Bertz CT molecular complexity index is 966. The zero-order chi connectivity index (χ0) is 29.1. The zero-order valence-corrected chi connectivity index (χ0v) is 25.9. The Hall–Kier alpha value is -1.24. The maximum atomic E-state index is 12.5. The molecule has 0 aromatic rings. The number of aliphatic hydroxyl groups is 3. The number of rotatable bonds is 13. The summed E-state index contributed by atoms with van der Waals surface area (Å²) in [6.07, 6.45) is 24.3. The Labute approximate surface area is 248 Å². The highest BCUT2D eigenvalue weighted by Crippen LogP contribution is 2.70. The molecule has 6 heteroatoms. The Morgan fingerprint density at radius 3 is 2.22 bits per heavy atom. The summed E-state index contributed by atoms with van der Waals surface area (Å²) < 4.78 is 5.65. The van der Waals surface area contributed by atoms with Gasteiger partial charge in [-0.25, -0.2) is 4.79 Å². The van der Waals surface area contributed by atoms with Crippen LogP contribution in [0, 0.1) is 28.6 Å². The third kappa shape index (κ3) is 5.71. The van der Waals surface area contributed by atoms with Crippen LogP contribution in [0.1, 0.15) is 136 Å². The SMILES string of the molecule is CCCCCCCCCCCCN=C[C@]12CC[C@H](O)C[C@]1(O)CC[C@H]1[C@@H]2CC[C@]2(C)[C@H]([C@@H]3C=CC(=O)O3)CC[C@]12O. The number of aliphatic imine (C=N–C) groups is 1. The van der Waals surface area contributed by atoms with Crippen LogP contribution in [0.15, 0.2) is 17.1 Å². The largest absolute Gasteiger partial charge is 0.455 e. The van der Waals surface area contributed by atoms with Gasteiger partial charge in [-0.05, 0) is 75.7 Å². The standard InChI is InChI=1S/C35H57NO5/c1-3-4-5-6-7-8-9-10-11-12-23-36-25-33-20-15-26(37)24-34(33,39)21-17-28-27(33)16-19-32(2)29(18-22-35(28,32)40)30-13-14-31(38)41-30/h13-14,25-30,37,39-40H,3-12,15-24H2,1-2H3/t26-,27-,28-,29-,30-,32+,33-,34+,35-/m0/s1. The Kier molecular flexibility index (Phi) is 9.72. The molecule has 0 bridgehead atoms. The molecule has 9 atom stereocenters. The molecule has 0 aromatic carbocycles. The van der Waals surface area contributed by atoms with Crippen molar-refractivity contribution in [3.05, 3.63) is 12.2 Å². The molecule has 0 spiro atoms. The highest BCUT2D eigenvalue weighted by atomic mass is 16.5. The molecule has 0 aromatic heterocycles. The first-order valence-electron chi connectivity index (χ1n) is 17.2. The number of unbranched alkanes of at least 4 members (excludes halogenated alkanes) is 9. The number of esters is 1. The molecule has 232 valence electrons. The second kappa shape index (κ2) is 12.8. The Morgan fingerprint density at radius 2 is 1.54 bits per heavy atom. The maximum Gasteiger partial charge on any atom is 0.331 e. The fourth-order valence-electron chi connectivity index (χ4n) is 10.3. The van der Waals surface area contributed by atoms with E-state index in [2.05, 4.69) is 20.1 Å². The average molecular weight is 572 g/mol. The quantitative estimate of drug-likeness (QED) is 0.130. The lowest BCUT2D eigenvalue weighted by molar-refractivity contribution is -0.241. The van der Waals surface area contributed by atoms with Gasteiger partial charge in [0.15, 0.2) is 0 Å². The molecule has 0 saturated heterocycles. The predicted molar refractivity (Wildman–Crippen MR) is 163 cm³/mol. The molecule has 3 N–H and O–H groups in total. The van der Waals surface area contributed by atoms with Crippen molar-refractivity contribution in [1.82, 2.24) is 0 Å². The summed E-state index contributed by atoms with van der Waals surface area (Å²) >= 11 is 0. The fraction of sp³-hybridized carbons (Fsp3) is 0.886. The van der Waals surface area contributed by atoms with Crippen molar-refractivity contribution in [2.75, 3.05) is 6.54 Å². The first kappa shape index (κ1) is 31.2. The summed E-state index contributed by atoms with van der Waals surface area (Å²) in [5, 5.41) is 35.3. The van der Waals surface area contributed by atoms with Gasteiger partial charge in [-0.15, -0.1) is 0 Å². The molecule has 41 heavy (non-hydrogen) atoms. The molecule has 4 fully saturated rings. The van der Waals surface area contributed by atoms with Crippen LogP contribution in [0.2, 0.25) is 0 Å². The normalized spacial score (nSPS) is 43.6. The minimum atomic E-state index is -0.973. The van der Waals surface area contributed by atoms with E-state index in [4.69, 9.17) is 9.73 Å². The van der Waals surface area contributed by atoms with Gasteiger partial charge in [0, 0.05) is 42.0 Å². The van der Waals surface area contributed by atoms with E-state index in [1.165, 1.54) is 63.9 Å². The number of hydrogen-bond donors (Lipinski definition) is 3. The molecule has 0 unspecified atom stereocenters. The van der Waals surface area contributed by atoms with Gasteiger partial charge in [-0.1, -0.05) is 71.6 Å². The van der Waals surface area contributed by atoms with Crippen molar-refractivity contribution < 1.29 is 24.9 Å². The molecular weight excluding hydrogens is 514 g/mol. The average Bonchev–Trinajstić information content (AvgIpc) is 3.49. The van der Waals surface area contributed by atoms with Crippen molar-refractivity contribution in [2.45, 2.75) is 159 Å². The monoisotopic (exact) mass is 571 g/mol. The minimum Gasteiger partial charge on any atom is -0.455 e. The number of aliphatic hydroxyl groups excluding tert-OH is 1. The van der Waals surface area contributed by atoms with Gasteiger partial charge in [0.2, 0.25) is 0 Å². The van der Waals surface area contributed by atoms with Gasteiger partial charge in [-0.3, -0.25) is 4.99 Å². The Morgan fingerprint density at radius 1 is 0.878 bits per heavy atom. The number of cyclic esters (lactones) is 1. The molecule has 1 aliphatic heterocycles. The first-order chi connectivity index (χ1) is 19.7. The number of nitrogens with zero attached hydrogens (tertiary/aromatic N) is 1. The first-order valence-corrected chi connectivity index (χ1v) is 17.2. The summed E-state index contributed by atoms with van der Waals surface area (Å²) in [7, 11) is 0. The third-order valence-electron chi connectivity index (χ3n) is 12.6. The van der Waals surface area contributed by atoms with Crippen LogP contribution >= 0.6 is 0 Å². The van der Waals surface area contributed by atoms with E-state index >= 15 is 0 Å². The van der Waals surface area contributed by atoms with Crippen molar-refractivity contribution in [3.63, 3.8) is 0 Å².